The first-order chi connectivity index (χ1) is 8.10. The zero-order valence-corrected chi connectivity index (χ0v) is 9.83. The van der Waals surface area contributed by atoms with E-state index in [4.69, 9.17) is 4.42 Å². The normalized spacial score (nSPS) is 10.9. The summed E-state index contributed by atoms with van der Waals surface area (Å²) in [7, 11) is 0. The third-order valence-electron chi connectivity index (χ3n) is 2.11. The van der Waals surface area contributed by atoms with Crippen molar-refractivity contribution < 1.29 is 22.7 Å². The molecule has 0 aliphatic heterocycles. The molecule has 0 atom stereocenters. The quantitative estimate of drug-likeness (QED) is 0.725. The van der Waals surface area contributed by atoms with Crippen molar-refractivity contribution in [2.75, 3.05) is 6.61 Å². The summed E-state index contributed by atoms with van der Waals surface area (Å²) in [5, 5.41) is 0. The summed E-state index contributed by atoms with van der Waals surface area (Å²) >= 11 is 0. The lowest BCUT2D eigenvalue weighted by atomic mass is 10.2. The second kappa shape index (κ2) is 6.32. The Kier molecular flexibility index (Phi) is 5.06. The van der Waals surface area contributed by atoms with Gasteiger partial charge in [-0.2, -0.15) is 0 Å². The number of alkyl halides is 2. The number of aryl methyl sites for hydroxylation is 1. The topological polar surface area (TPSA) is 52.3 Å². The maximum absolute atomic E-state index is 12.6. The molecule has 1 rings (SSSR count). The second-order valence-electron chi connectivity index (χ2n) is 3.45. The molecule has 0 unspecified atom stereocenters. The molecule has 0 aliphatic carbocycles. The molecule has 0 fully saturated rings. The predicted molar refractivity (Wildman–Crippen MR) is 56.0 cm³/mol. The largest absolute Gasteiger partial charge is 0.460 e. The Balaban J connectivity index is 2.92. The minimum Gasteiger partial charge on any atom is -0.460 e. The average molecular weight is 247 g/mol. The van der Waals surface area contributed by atoms with Crippen molar-refractivity contribution in [2.24, 2.45) is 0 Å². The van der Waals surface area contributed by atoms with Gasteiger partial charge in [0.25, 0.3) is 6.43 Å². The summed E-state index contributed by atoms with van der Waals surface area (Å²) in [5.41, 5.74) is -0.630. The molecule has 0 saturated carbocycles. The van der Waals surface area contributed by atoms with Crippen molar-refractivity contribution in [2.45, 2.75) is 39.5 Å². The molecule has 17 heavy (non-hydrogen) atoms. The van der Waals surface area contributed by atoms with Crippen LogP contribution in [0.15, 0.2) is 4.42 Å². The maximum Gasteiger partial charge on any atom is 0.376 e. The minimum atomic E-state index is -2.84. The fraction of sp³-hybridized carbons (Fsp3) is 0.636. The molecule has 0 radical (unpaired) electrons. The van der Waals surface area contributed by atoms with Crippen LogP contribution < -0.4 is 0 Å². The van der Waals surface area contributed by atoms with E-state index in [0.29, 0.717) is 6.42 Å². The highest BCUT2D eigenvalue weighted by atomic mass is 19.3. The lowest BCUT2D eigenvalue weighted by Gasteiger charge is -1.99. The predicted octanol–water partition coefficient (Wildman–Crippen LogP) is 3.13. The highest BCUT2D eigenvalue weighted by molar-refractivity contribution is 5.87. The van der Waals surface area contributed by atoms with Gasteiger partial charge in [0.15, 0.2) is 11.6 Å². The van der Waals surface area contributed by atoms with Crippen molar-refractivity contribution in [3.8, 4) is 0 Å². The fourth-order valence-electron chi connectivity index (χ4n) is 1.30. The molecule has 1 aromatic rings. The number of halogens is 2. The SMILES string of the molecule is CCCCc1nc(C(F)F)c(C(=O)OCC)o1. The summed E-state index contributed by atoms with van der Waals surface area (Å²) in [6.45, 7) is 3.66. The van der Waals surface area contributed by atoms with Crippen LogP contribution in [0, 0.1) is 0 Å². The lowest BCUT2D eigenvalue weighted by molar-refractivity contribution is 0.0474. The summed E-state index contributed by atoms with van der Waals surface area (Å²) in [6, 6.07) is 0. The van der Waals surface area contributed by atoms with E-state index in [0.717, 1.165) is 12.8 Å². The minimum absolute atomic E-state index is 0.104. The van der Waals surface area contributed by atoms with Crippen LogP contribution in [0.4, 0.5) is 8.78 Å². The average Bonchev–Trinajstić information content (AvgIpc) is 2.71. The molecule has 0 bridgehead atoms. The van der Waals surface area contributed by atoms with Gasteiger partial charge in [0, 0.05) is 6.42 Å². The molecule has 0 aliphatic rings. The smallest absolute Gasteiger partial charge is 0.376 e. The number of hydrogen-bond acceptors (Lipinski definition) is 4. The summed E-state index contributed by atoms with van der Waals surface area (Å²) in [6.07, 6.45) is -0.740. The van der Waals surface area contributed by atoms with Gasteiger partial charge in [-0.15, -0.1) is 0 Å². The lowest BCUT2D eigenvalue weighted by Crippen LogP contribution is -2.06. The Morgan fingerprint density at radius 3 is 2.71 bits per heavy atom. The van der Waals surface area contributed by atoms with Crippen LogP contribution in [-0.4, -0.2) is 17.6 Å². The Labute approximate surface area is 98.0 Å². The number of nitrogens with zero attached hydrogens (tertiary/aromatic N) is 1. The van der Waals surface area contributed by atoms with Gasteiger partial charge in [-0.25, -0.2) is 18.6 Å². The highest BCUT2D eigenvalue weighted by Gasteiger charge is 2.27. The van der Waals surface area contributed by atoms with Crippen molar-refractivity contribution in [1.82, 2.24) is 4.98 Å². The molecule has 4 nitrogen and oxygen atoms in total. The molecule has 0 amide bonds. The van der Waals surface area contributed by atoms with E-state index < -0.39 is 23.8 Å². The van der Waals surface area contributed by atoms with Gasteiger partial charge < -0.3 is 9.15 Å². The van der Waals surface area contributed by atoms with Crippen LogP contribution in [-0.2, 0) is 11.2 Å². The summed E-state index contributed by atoms with van der Waals surface area (Å²) < 4.78 is 34.9. The summed E-state index contributed by atoms with van der Waals surface area (Å²) in [4.78, 5) is 15.0. The standard InChI is InChI=1S/C11H15F2NO3/c1-3-5-6-7-14-8(10(12)13)9(17-7)11(15)16-4-2/h10H,3-6H2,1-2H3. The van der Waals surface area contributed by atoms with E-state index in [-0.39, 0.29) is 12.5 Å². The Hall–Kier alpha value is -1.46. The highest BCUT2D eigenvalue weighted by Crippen LogP contribution is 2.24. The Morgan fingerprint density at radius 1 is 1.47 bits per heavy atom. The zero-order valence-electron chi connectivity index (χ0n) is 9.83. The Morgan fingerprint density at radius 2 is 2.18 bits per heavy atom. The van der Waals surface area contributed by atoms with Crippen LogP contribution in [0.25, 0.3) is 0 Å². The number of esters is 1. The molecular formula is C11H15F2NO3. The number of rotatable bonds is 6. The van der Waals surface area contributed by atoms with Gasteiger partial charge in [-0.1, -0.05) is 13.3 Å². The van der Waals surface area contributed by atoms with Crippen LogP contribution in [0.1, 0.15) is 55.3 Å². The first-order valence-electron chi connectivity index (χ1n) is 5.55. The molecule has 6 heteroatoms. The van der Waals surface area contributed by atoms with E-state index in [1.165, 1.54) is 0 Å². The van der Waals surface area contributed by atoms with Gasteiger partial charge in [0.2, 0.25) is 5.76 Å². The van der Waals surface area contributed by atoms with Crippen molar-refractivity contribution >= 4 is 5.97 Å². The molecule has 1 heterocycles. The van der Waals surface area contributed by atoms with Crippen LogP contribution in [0.3, 0.4) is 0 Å². The molecule has 96 valence electrons. The van der Waals surface area contributed by atoms with E-state index in [2.05, 4.69) is 9.72 Å². The number of unbranched alkanes of at least 4 members (excludes halogenated alkanes) is 1. The van der Waals surface area contributed by atoms with Crippen LogP contribution in [0.5, 0.6) is 0 Å². The molecular weight excluding hydrogens is 232 g/mol. The van der Waals surface area contributed by atoms with Crippen molar-refractivity contribution in [3.63, 3.8) is 0 Å². The maximum atomic E-state index is 12.6. The zero-order chi connectivity index (χ0) is 12.8. The van der Waals surface area contributed by atoms with Gasteiger partial charge in [0.05, 0.1) is 6.61 Å². The van der Waals surface area contributed by atoms with E-state index in [1.54, 1.807) is 6.92 Å². The van der Waals surface area contributed by atoms with E-state index in [9.17, 15) is 13.6 Å². The van der Waals surface area contributed by atoms with Gasteiger partial charge >= 0.3 is 5.97 Å². The third kappa shape index (κ3) is 3.51. The van der Waals surface area contributed by atoms with E-state index >= 15 is 0 Å². The molecule has 0 aromatic carbocycles. The molecule has 0 saturated heterocycles. The molecule has 0 spiro atoms. The Bertz CT molecular complexity index is 377. The number of oxazole rings is 1. The van der Waals surface area contributed by atoms with Gasteiger partial charge in [-0.05, 0) is 13.3 Å². The van der Waals surface area contributed by atoms with E-state index in [1.807, 2.05) is 6.92 Å². The number of ether oxygens (including phenoxy) is 1. The summed E-state index contributed by atoms with van der Waals surface area (Å²) in [5.74, 6) is -1.21. The molecule has 0 N–H and O–H groups in total. The van der Waals surface area contributed by atoms with Gasteiger partial charge in [0.1, 0.15) is 0 Å². The van der Waals surface area contributed by atoms with Crippen molar-refractivity contribution in [3.05, 3.63) is 17.3 Å². The number of carbonyl (C=O) groups excluding carboxylic acids is 1. The monoisotopic (exact) mass is 247 g/mol. The van der Waals surface area contributed by atoms with Crippen LogP contribution in [0.2, 0.25) is 0 Å². The molecule has 1 aromatic heterocycles. The van der Waals surface area contributed by atoms with Crippen molar-refractivity contribution in [1.29, 1.82) is 0 Å². The third-order valence-corrected chi connectivity index (χ3v) is 2.11. The first kappa shape index (κ1) is 13.6. The number of aromatic nitrogens is 1. The number of hydrogen-bond donors (Lipinski definition) is 0. The fourth-order valence-corrected chi connectivity index (χ4v) is 1.30. The number of carbonyl (C=O) groups is 1. The first-order valence-corrected chi connectivity index (χ1v) is 5.55. The van der Waals surface area contributed by atoms with Gasteiger partial charge in [-0.3, -0.25) is 0 Å². The van der Waals surface area contributed by atoms with Crippen LogP contribution >= 0.6 is 0 Å². The second-order valence-corrected chi connectivity index (χ2v) is 3.45.